The molecule has 0 radical (unpaired) electrons. The lowest BCUT2D eigenvalue weighted by atomic mass is 9.84. The second kappa shape index (κ2) is 12.0. The number of nitro benzene ring substituents is 1. The summed E-state index contributed by atoms with van der Waals surface area (Å²) in [6.45, 7) is 0.269. The average molecular weight is 528 g/mol. The zero-order valence-electron chi connectivity index (χ0n) is 21.2. The van der Waals surface area contributed by atoms with Crippen molar-refractivity contribution in [1.82, 2.24) is 4.98 Å². The normalized spacial score (nSPS) is 14.0. The number of nitro groups is 1. The summed E-state index contributed by atoms with van der Waals surface area (Å²) in [4.78, 5) is 20.4. The molecule has 5 rings (SSSR count). The topological polar surface area (TPSA) is 86.9 Å². The molecule has 4 aromatic rings. The SMILES string of the molecule is COc1cc(C=Nc2nc(-c3ccc(C4CCCCC4)cc3)cs2)c([N+](=O)[O-])cc1OCc1ccccc1. The molecular weight excluding hydrogens is 498 g/mol. The summed E-state index contributed by atoms with van der Waals surface area (Å²) in [5.74, 6) is 1.36. The highest BCUT2D eigenvalue weighted by molar-refractivity contribution is 7.13. The van der Waals surface area contributed by atoms with Gasteiger partial charge >= 0.3 is 0 Å². The van der Waals surface area contributed by atoms with Gasteiger partial charge in [-0.05, 0) is 36.0 Å². The van der Waals surface area contributed by atoms with Crippen molar-refractivity contribution in [2.24, 2.45) is 4.99 Å². The predicted molar refractivity (Wildman–Crippen MR) is 151 cm³/mol. The Morgan fingerprint density at radius 1 is 1.05 bits per heavy atom. The third-order valence-electron chi connectivity index (χ3n) is 6.84. The first-order chi connectivity index (χ1) is 18.6. The first-order valence-corrected chi connectivity index (χ1v) is 13.6. The fraction of sp³-hybridized carbons (Fsp3) is 0.267. The number of thiazole rings is 1. The van der Waals surface area contributed by atoms with Crippen LogP contribution in [0, 0.1) is 10.1 Å². The summed E-state index contributed by atoms with van der Waals surface area (Å²) in [5, 5.41) is 14.3. The minimum atomic E-state index is -0.447. The summed E-state index contributed by atoms with van der Waals surface area (Å²) in [7, 11) is 1.50. The van der Waals surface area contributed by atoms with Crippen molar-refractivity contribution in [3.8, 4) is 22.8 Å². The van der Waals surface area contributed by atoms with Gasteiger partial charge in [0.15, 0.2) is 11.5 Å². The van der Waals surface area contributed by atoms with Crippen LogP contribution in [0.1, 0.15) is 54.7 Å². The Balaban J connectivity index is 1.32. The molecular formula is C30H29N3O4S. The van der Waals surface area contributed by atoms with Gasteiger partial charge in [-0.2, -0.15) is 0 Å². The van der Waals surface area contributed by atoms with E-state index >= 15 is 0 Å². The zero-order valence-corrected chi connectivity index (χ0v) is 22.0. The van der Waals surface area contributed by atoms with Gasteiger partial charge in [0.25, 0.3) is 5.69 Å². The average Bonchev–Trinajstić information content (AvgIpc) is 3.45. The molecule has 0 bridgehead atoms. The molecule has 0 atom stereocenters. The Bertz CT molecular complexity index is 1410. The van der Waals surface area contributed by atoms with Crippen molar-refractivity contribution in [1.29, 1.82) is 0 Å². The number of aromatic nitrogens is 1. The van der Waals surface area contributed by atoms with Crippen molar-refractivity contribution in [3.05, 3.63) is 98.9 Å². The van der Waals surface area contributed by atoms with Crippen molar-refractivity contribution >= 4 is 28.4 Å². The molecule has 0 N–H and O–H groups in total. The van der Waals surface area contributed by atoms with Gasteiger partial charge in [-0.25, -0.2) is 9.98 Å². The highest BCUT2D eigenvalue weighted by atomic mass is 32.1. The van der Waals surface area contributed by atoms with Crippen LogP contribution in [0.2, 0.25) is 0 Å². The molecule has 0 spiro atoms. The lowest BCUT2D eigenvalue weighted by Crippen LogP contribution is -2.04. The second-order valence-electron chi connectivity index (χ2n) is 9.32. The van der Waals surface area contributed by atoms with E-state index in [1.165, 1.54) is 68.4 Å². The number of benzene rings is 3. The summed E-state index contributed by atoms with van der Waals surface area (Å²) in [6.07, 6.45) is 7.97. The molecule has 0 unspecified atom stereocenters. The number of hydrogen-bond acceptors (Lipinski definition) is 7. The fourth-order valence-electron chi connectivity index (χ4n) is 4.78. The Kier molecular flexibility index (Phi) is 8.09. The van der Waals surface area contributed by atoms with Crippen LogP contribution in [0.3, 0.4) is 0 Å². The third kappa shape index (κ3) is 6.08. The molecule has 1 aliphatic carbocycles. The van der Waals surface area contributed by atoms with Crippen molar-refractivity contribution in [2.45, 2.75) is 44.6 Å². The van der Waals surface area contributed by atoms with Gasteiger partial charge in [-0.15, -0.1) is 11.3 Å². The van der Waals surface area contributed by atoms with Gasteiger partial charge in [0.1, 0.15) is 6.61 Å². The van der Waals surface area contributed by atoms with E-state index in [1.54, 1.807) is 6.07 Å². The van der Waals surface area contributed by atoms with Crippen LogP contribution >= 0.6 is 11.3 Å². The van der Waals surface area contributed by atoms with Gasteiger partial charge in [-0.1, -0.05) is 73.9 Å². The first kappa shape index (κ1) is 25.6. The lowest BCUT2D eigenvalue weighted by Gasteiger charge is -2.22. The van der Waals surface area contributed by atoms with Crippen molar-refractivity contribution in [3.63, 3.8) is 0 Å². The van der Waals surface area contributed by atoms with E-state index < -0.39 is 4.92 Å². The van der Waals surface area contributed by atoms with Gasteiger partial charge < -0.3 is 9.47 Å². The number of hydrogen-bond donors (Lipinski definition) is 0. The molecule has 0 amide bonds. The molecule has 194 valence electrons. The van der Waals surface area contributed by atoms with Crippen LogP contribution in [0.25, 0.3) is 11.3 Å². The minimum absolute atomic E-state index is 0.118. The van der Waals surface area contributed by atoms with E-state index in [1.807, 2.05) is 35.7 Å². The smallest absolute Gasteiger partial charge is 0.282 e. The molecule has 38 heavy (non-hydrogen) atoms. The van der Waals surface area contributed by atoms with E-state index in [-0.39, 0.29) is 12.3 Å². The summed E-state index contributed by atoms with van der Waals surface area (Å²) in [6, 6.07) is 21.2. The number of nitrogens with zero attached hydrogens (tertiary/aromatic N) is 3. The van der Waals surface area contributed by atoms with Gasteiger partial charge in [0.2, 0.25) is 5.13 Å². The summed E-state index contributed by atoms with van der Waals surface area (Å²) in [5.41, 5.74) is 4.43. The van der Waals surface area contributed by atoms with Gasteiger partial charge in [0.05, 0.1) is 29.4 Å². The maximum atomic E-state index is 11.8. The van der Waals surface area contributed by atoms with Gasteiger partial charge in [-0.3, -0.25) is 10.1 Å². The number of aliphatic imine (C=N–C) groups is 1. The van der Waals surface area contributed by atoms with E-state index in [0.717, 1.165) is 16.8 Å². The fourth-order valence-corrected chi connectivity index (χ4v) is 5.45. The number of rotatable bonds is 9. The molecule has 1 aliphatic rings. The number of methoxy groups -OCH3 is 1. The highest BCUT2D eigenvalue weighted by Gasteiger charge is 2.19. The molecule has 1 aromatic heterocycles. The largest absolute Gasteiger partial charge is 0.493 e. The van der Waals surface area contributed by atoms with E-state index in [4.69, 9.17) is 9.47 Å². The zero-order chi connectivity index (χ0) is 26.3. The minimum Gasteiger partial charge on any atom is -0.493 e. The number of ether oxygens (including phenoxy) is 2. The predicted octanol–water partition coefficient (Wildman–Crippen LogP) is 8.10. The monoisotopic (exact) mass is 527 g/mol. The summed E-state index contributed by atoms with van der Waals surface area (Å²) >= 11 is 1.39. The van der Waals surface area contributed by atoms with Crippen LogP contribution in [0.4, 0.5) is 10.8 Å². The molecule has 8 heteroatoms. The van der Waals surface area contributed by atoms with Crippen LogP contribution in [-0.2, 0) is 6.61 Å². The first-order valence-electron chi connectivity index (χ1n) is 12.7. The van der Waals surface area contributed by atoms with E-state index in [0.29, 0.717) is 28.1 Å². The quantitative estimate of drug-likeness (QED) is 0.125. The molecule has 1 fully saturated rings. The standard InChI is InChI=1S/C30H29N3O4S/c1-36-28-16-25(27(33(34)35)17-29(28)37-19-21-8-4-2-5-9-21)18-31-30-32-26(20-38-30)24-14-12-23(13-15-24)22-10-6-3-7-11-22/h2,4-5,8-9,12-18,20,22H,3,6-7,10-11,19H2,1H3. The third-order valence-corrected chi connectivity index (χ3v) is 7.58. The second-order valence-corrected chi connectivity index (χ2v) is 10.2. The van der Waals surface area contributed by atoms with Crippen LogP contribution in [0.5, 0.6) is 11.5 Å². The molecule has 0 saturated heterocycles. The molecule has 1 saturated carbocycles. The summed E-state index contributed by atoms with van der Waals surface area (Å²) < 4.78 is 11.3. The van der Waals surface area contributed by atoms with Crippen molar-refractivity contribution in [2.75, 3.05) is 7.11 Å². The maximum Gasteiger partial charge on any atom is 0.282 e. The Hall–Kier alpha value is -4.04. The molecule has 1 heterocycles. The molecule has 3 aromatic carbocycles. The van der Waals surface area contributed by atoms with Crippen molar-refractivity contribution < 1.29 is 14.4 Å². The van der Waals surface area contributed by atoms with Crippen LogP contribution < -0.4 is 9.47 Å². The molecule has 0 aliphatic heterocycles. The van der Waals surface area contributed by atoms with E-state index in [2.05, 4.69) is 34.2 Å². The van der Waals surface area contributed by atoms with Gasteiger partial charge in [0, 0.05) is 17.2 Å². The van der Waals surface area contributed by atoms with Crippen LogP contribution in [0.15, 0.2) is 77.1 Å². The Morgan fingerprint density at radius 3 is 2.53 bits per heavy atom. The lowest BCUT2D eigenvalue weighted by molar-refractivity contribution is -0.385. The Labute approximate surface area is 226 Å². The highest BCUT2D eigenvalue weighted by Crippen LogP contribution is 2.36. The van der Waals surface area contributed by atoms with E-state index in [9.17, 15) is 10.1 Å². The molecule has 7 nitrogen and oxygen atoms in total. The Morgan fingerprint density at radius 2 is 1.82 bits per heavy atom. The maximum absolute atomic E-state index is 11.8. The van der Waals surface area contributed by atoms with Crippen LogP contribution in [-0.4, -0.2) is 23.2 Å².